The summed E-state index contributed by atoms with van der Waals surface area (Å²) in [6.07, 6.45) is 1.73. The number of hydrogen-bond acceptors (Lipinski definition) is 1. The normalized spacial score (nSPS) is 11.6. The zero-order valence-corrected chi connectivity index (χ0v) is 6.42. The molecule has 0 aliphatic heterocycles. The maximum atomic E-state index is 5.45. The van der Waals surface area contributed by atoms with E-state index in [9.17, 15) is 0 Å². The highest BCUT2D eigenvalue weighted by atomic mass is 35.5. The monoisotopic (exact) mass is 155 g/mol. The Morgan fingerprint density at radius 1 is 1.60 bits per heavy atom. The Morgan fingerprint density at radius 2 is 2.40 bits per heavy atom. The molecule has 0 amide bonds. The minimum Gasteiger partial charge on any atom is -0.223 e. The fourth-order valence-corrected chi connectivity index (χ4v) is 0.712. The van der Waals surface area contributed by atoms with Crippen molar-refractivity contribution in [2.45, 2.75) is 0 Å². The van der Waals surface area contributed by atoms with Crippen LogP contribution in [0.2, 0.25) is 0 Å². The minimum absolute atomic E-state index is 0.845. The van der Waals surface area contributed by atoms with Crippen LogP contribution < -0.4 is 0 Å². The van der Waals surface area contributed by atoms with Crippen LogP contribution in [0.15, 0.2) is 24.4 Å². The van der Waals surface area contributed by atoms with Gasteiger partial charge in [-0.1, -0.05) is 6.07 Å². The van der Waals surface area contributed by atoms with Crippen molar-refractivity contribution in [1.29, 1.82) is 0 Å². The fourth-order valence-electron chi connectivity index (χ4n) is 0.612. The Morgan fingerprint density at radius 3 is 2.90 bits per heavy atom. The first-order chi connectivity index (χ1) is 4.84. The molecule has 0 aliphatic rings. The Kier molecular flexibility index (Phi) is 2.40. The Bertz CT molecular complexity index is 231. The average Bonchev–Trinajstić information content (AvgIpc) is 2.05. The highest BCUT2D eigenvalue weighted by Crippen LogP contribution is 2.01. The van der Waals surface area contributed by atoms with Crippen molar-refractivity contribution in [3.8, 4) is 0 Å². The van der Waals surface area contributed by atoms with E-state index in [2.05, 4.69) is 4.98 Å². The summed E-state index contributed by atoms with van der Waals surface area (Å²) in [6.45, 7) is 0. The molecule has 1 aromatic rings. The molecule has 0 unspecified atom stereocenters. The minimum atomic E-state index is 0.845. The third-order valence-electron chi connectivity index (χ3n) is 1.16. The summed E-state index contributed by atoms with van der Waals surface area (Å²) in [7, 11) is 1.84. The summed E-state index contributed by atoms with van der Waals surface area (Å²) < 4.78 is 1.74. The SMILES string of the molecule is C/[N+](=C/Cl)c1ccccn1. The second-order valence-electron chi connectivity index (χ2n) is 1.90. The van der Waals surface area contributed by atoms with Crippen molar-refractivity contribution in [1.82, 2.24) is 4.98 Å². The van der Waals surface area contributed by atoms with E-state index in [0.29, 0.717) is 0 Å². The van der Waals surface area contributed by atoms with Gasteiger partial charge >= 0.3 is 5.82 Å². The van der Waals surface area contributed by atoms with Gasteiger partial charge < -0.3 is 0 Å². The number of hydrogen-bond donors (Lipinski definition) is 0. The molecule has 0 aromatic carbocycles. The topological polar surface area (TPSA) is 15.9 Å². The lowest BCUT2D eigenvalue weighted by molar-refractivity contribution is -0.401. The van der Waals surface area contributed by atoms with Crippen LogP contribution in [-0.2, 0) is 0 Å². The smallest absolute Gasteiger partial charge is 0.223 e. The predicted octanol–water partition coefficient (Wildman–Crippen LogP) is 1.62. The van der Waals surface area contributed by atoms with Gasteiger partial charge in [0.15, 0.2) is 5.67 Å². The lowest BCUT2D eigenvalue weighted by atomic mass is 10.5. The van der Waals surface area contributed by atoms with Gasteiger partial charge in [-0.25, -0.2) is 4.58 Å². The lowest BCUT2D eigenvalue weighted by Crippen LogP contribution is -1.96. The van der Waals surface area contributed by atoms with Crippen LogP contribution in [0.1, 0.15) is 0 Å². The van der Waals surface area contributed by atoms with Crippen LogP contribution in [0.5, 0.6) is 0 Å². The van der Waals surface area contributed by atoms with E-state index in [1.54, 1.807) is 10.8 Å². The molecule has 0 aliphatic carbocycles. The van der Waals surface area contributed by atoms with Crippen LogP contribution in [0.4, 0.5) is 5.82 Å². The molecule has 1 heterocycles. The molecule has 10 heavy (non-hydrogen) atoms. The molecule has 1 rings (SSSR count). The van der Waals surface area contributed by atoms with Gasteiger partial charge in [0.2, 0.25) is 0 Å². The van der Waals surface area contributed by atoms with Crippen LogP contribution in [0.3, 0.4) is 0 Å². The number of rotatable bonds is 1. The molecular weight excluding hydrogens is 148 g/mol. The predicted molar refractivity (Wildman–Crippen MR) is 42.0 cm³/mol. The summed E-state index contributed by atoms with van der Waals surface area (Å²) in [5, 5.41) is 0. The van der Waals surface area contributed by atoms with Crippen molar-refractivity contribution < 1.29 is 4.58 Å². The van der Waals surface area contributed by atoms with Gasteiger partial charge in [-0.2, -0.15) is 0 Å². The van der Waals surface area contributed by atoms with E-state index >= 15 is 0 Å². The molecule has 0 atom stereocenters. The number of aromatic nitrogens is 1. The van der Waals surface area contributed by atoms with Gasteiger partial charge in [0, 0.05) is 6.07 Å². The van der Waals surface area contributed by atoms with E-state index in [4.69, 9.17) is 11.6 Å². The van der Waals surface area contributed by atoms with Gasteiger partial charge in [0.25, 0.3) is 0 Å². The van der Waals surface area contributed by atoms with Gasteiger partial charge in [-0.15, -0.1) is 0 Å². The fraction of sp³-hybridized carbons (Fsp3) is 0.143. The maximum absolute atomic E-state index is 5.45. The zero-order valence-electron chi connectivity index (χ0n) is 5.66. The first kappa shape index (κ1) is 7.22. The molecule has 52 valence electrons. The Hall–Kier alpha value is -0.890. The summed E-state index contributed by atoms with van der Waals surface area (Å²) in [5.41, 5.74) is 1.45. The van der Waals surface area contributed by atoms with E-state index in [-0.39, 0.29) is 0 Å². The van der Waals surface area contributed by atoms with Crippen molar-refractivity contribution >= 4 is 23.1 Å². The lowest BCUT2D eigenvalue weighted by Gasteiger charge is -1.89. The third-order valence-corrected chi connectivity index (χ3v) is 1.45. The third kappa shape index (κ3) is 1.54. The molecular formula is C7H8ClN2+. The number of nitrogens with zero attached hydrogens (tertiary/aromatic N) is 2. The molecule has 0 spiro atoms. The van der Waals surface area contributed by atoms with E-state index in [0.717, 1.165) is 5.82 Å². The molecule has 2 nitrogen and oxygen atoms in total. The second kappa shape index (κ2) is 3.32. The van der Waals surface area contributed by atoms with E-state index in [1.165, 1.54) is 5.67 Å². The average molecular weight is 156 g/mol. The Labute approximate surface area is 64.8 Å². The van der Waals surface area contributed by atoms with Crippen LogP contribution in [-0.4, -0.2) is 22.3 Å². The molecule has 0 fully saturated rings. The number of halogens is 1. The van der Waals surface area contributed by atoms with Gasteiger partial charge in [-0.05, 0) is 22.7 Å². The maximum Gasteiger partial charge on any atom is 0.323 e. The van der Waals surface area contributed by atoms with E-state index < -0.39 is 0 Å². The molecule has 0 saturated carbocycles. The summed E-state index contributed by atoms with van der Waals surface area (Å²) >= 11 is 5.45. The van der Waals surface area contributed by atoms with Gasteiger partial charge in [-0.3, -0.25) is 0 Å². The molecule has 0 N–H and O–H groups in total. The summed E-state index contributed by atoms with van der Waals surface area (Å²) in [6, 6.07) is 5.67. The second-order valence-corrected chi connectivity index (χ2v) is 2.09. The highest BCUT2D eigenvalue weighted by molar-refractivity contribution is 6.54. The standard InChI is InChI=1S/C7H8ClN2/c1-10(6-8)7-4-2-3-5-9-7/h2-6H,1H3/q+1/b10-6-. The first-order valence-electron chi connectivity index (χ1n) is 2.92. The zero-order chi connectivity index (χ0) is 7.40. The molecule has 1 aromatic heterocycles. The highest BCUT2D eigenvalue weighted by Gasteiger charge is 1.99. The number of pyridine rings is 1. The van der Waals surface area contributed by atoms with E-state index in [1.807, 2.05) is 25.2 Å². The molecule has 0 bridgehead atoms. The molecule has 0 radical (unpaired) electrons. The quantitative estimate of drug-likeness (QED) is 0.445. The van der Waals surface area contributed by atoms with Crippen LogP contribution in [0.25, 0.3) is 0 Å². The van der Waals surface area contributed by atoms with Crippen molar-refractivity contribution in [2.24, 2.45) is 0 Å². The first-order valence-corrected chi connectivity index (χ1v) is 3.35. The molecule has 0 saturated heterocycles. The van der Waals surface area contributed by atoms with Crippen molar-refractivity contribution in [2.75, 3.05) is 7.05 Å². The summed E-state index contributed by atoms with van der Waals surface area (Å²) in [4.78, 5) is 4.06. The van der Waals surface area contributed by atoms with Crippen LogP contribution in [0, 0.1) is 0 Å². The van der Waals surface area contributed by atoms with Crippen molar-refractivity contribution in [3.05, 3.63) is 24.4 Å². The largest absolute Gasteiger partial charge is 0.323 e. The van der Waals surface area contributed by atoms with Gasteiger partial charge in [0.05, 0.1) is 7.05 Å². The molecule has 3 heteroatoms. The van der Waals surface area contributed by atoms with Gasteiger partial charge in [0.1, 0.15) is 6.20 Å². The van der Waals surface area contributed by atoms with Crippen LogP contribution >= 0.6 is 11.6 Å². The van der Waals surface area contributed by atoms with Crippen molar-refractivity contribution in [3.63, 3.8) is 0 Å². The summed E-state index contributed by atoms with van der Waals surface area (Å²) in [5.74, 6) is 0.845. The Balaban J connectivity index is 2.96.